The van der Waals surface area contributed by atoms with E-state index >= 15 is 0 Å². The topological polar surface area (TPSA) is 21.1 Å². The van der Waals surface area contributed by atoms with Crippen LogP contribution in [0, 0.1) is 11.8 Å². The van der Waals surface area contributed by atoms with Gasteiger partial charge in [0.1, 0.15) is 5.82 Å². The molecule has 0 radical (unpaired) electrons. The zero-order valence-electron chi connectivity index (χ0n) is 17.5. The third kappa shape index (κ3) is 3.24. The molecule has 6 rings (SSSR count). The van der Waals surface area contributed by atoms with Gasteiger partial charge in [-0.05, 0) is 68.9 Å². The molecule has 1 aromatic carbocycles. The van der Waals surface area contributed by atoms with E-state index in [2.05, 4.69) is 33.7 Å². The van der Waals surface area contributed by atoms with Crippen molar-refractivity contribution in [1.29, 1.82) is 0 Å². The van der Waals surface area contributed by atoms with Crippen molar-refractivity contribution in [2.24, 2.45) is 11.8 Å². The van der Waals surface area contributed by atoms with E-state index in [9.17, 15) is 0 Å². The summed E-state index contributed by atoms with van der Waals surface area (Å²) in [5.74, 6) is 3.62. The van der Waals surface area contributed by atoms with Crippen molar-refractivity contribution < 1.29 is 0 Å². The lowest BCUT2D eigenvalue weighted by Crippen LogP contribution is -2.58. The normalized spacial score (nSPS) is 37.7. The summed E-state index contributed by atoms with van der Waals surface area (Å²) in [6.45, 7) is 0. The Kier molecular flexibility index (Phi) is 4.88. The van der Waals surface area contributed by atoms with Crippen LogP contribution in [0.5, 0.6) is 0 Å². The summed E-state index contributed by atoms with van der Waals surface area (Å²) in [4.78, 5) is 7.91. The number of alkyl halides is 1. The molecule has 1 aromatic heterocycles. The molecule has 2 aliphatic heterocycles. The Bertz CT molecular complexity index is 850. The molecule has 3 heterocycles. The highest BCUT2D eigenvalue weighted by molar-refractivity contribution is 6.16. The Morgan fingerprint density at radius 3 is 2.21 bits per heavy atom. The van der Waals surface area contributed by atoms with Crippen LogP contribution in [0.2, 0.25) is 0 Å². The predicted molar refractivity (Wildman–Crippen MR) is 119 cm³/mol. The average Bonchev–Trinajstić information content (AvgIpc) is 3.11. The van der Waals surface area contributed by atoms with Gasteiger partial charge in [-0.25, -0.2) is 4.98 Å². The van der Waals surface area contributed by atoms with E-state index < -0.39 is 0 Å². The number of imidazole rings is 1. The average molecular weight is 412 g/mol. The van der Waals surface area contributed by atoms with E-state index in [-0.39, 0.29) is 0 Å². The van der Waals surface area contributed by atoms with Gasteiger partial charge in [0.05, 0.1) is 16.9 Å². The summed E-state index contributed by atoms with van der Waals surface area (Å²) < 4.78 is 2.51. The number of rotatable bonds is 3. The van der Waals surface area contributed by atoms with E-state index in [1.807, 2.05) is 0 Å². The Morgan fingerprint density at radius 1 is 0.793 bits per heavy atom. The molecule has 3 nitrogen and oxygen atoms in total. The number of hydrogen-bond acceptors (Lipinski definition) is 2. The highest BCUT2D eigenvalue weighted by Gasteiger charge is 2.45. The first-order valence-corrected chi connectivity index (χ1v) is 12.6. The SMILES string of the molecule is ClCc1nc2ccccc2n1[C@@H]1C[C@H]2CCC[C@@H](C1)N2[C@@H]1C[C@@H]2CCC[C@@H](C2)C1. The van der Waals surface area contributed by atoms with Crippen LogP contribution in [0.4, 0.5) is 0 Å². The number of nitrogens with zero attached hydrogens (tertiary/aromatic N) is 3. The van der Waals surface area contributed by atoms with Crippen molar-refractivity contribution in [2.75, 3.05) is 0 Å². The standard InChI is InChI=1S/C25H34ClN3/c26-16-25-27-23-9-1-2-10-24(23)29(25)22-14-19-7-4-8-20(15-22)28(19)21-12-17-5-3-6-18(11-17)13-21/h1-2,9-10,17-22H,3-8,11-16H2/t17-,18+,19-,20+,21-,22-. The zero-order chi connectivity index (χ0) is 19.4. The molecule has 0 N–H and O–H groups in total. The second kappa shape index (κ2) is 7.57. The second-order valence-corrected chi connectivity index (χ2v) is 10.6. The molecular weight excluding hydrogens is 378 g/mol. The molecule has 2 saturated carbocycles. The van der Waals surface area contributed by atoms with Gasteiger partial charge < -0.3 is 4.57 Å². The molecule has 0 unspecified atom stereocenters. The first-order valence-electron chi connectivity index (χ1n) is 12.1. The maximum absolute atomic E-state index is 6.35. The third-order valence-electron chi connectivity index (χ3n) is 8.68. The second-order valence-electron chi connectivity index (χ2n) is 10.4. The van der Waals surface area contributed by atoms with E-state index in [0.29, 0.717) is 11.9 Å². The van der Waals surface area contributed by atoms with E-state index in [1.165, 1.54) is 76.1 Å². The van der Waals surface area contributed by atoms with Crippen LogP contribution in [0.1, 0.15) is 82.5 Å². The summed E-state index contributed by atoms with van der Waals surface area (Å²) in [5.41, 5.74) is 2.39. The van der Waals surface area contributed by atoms with Crippen LogP contribution in [0.3, 0.4) is 0 Å². The first kappa shape index (κ1) is 18.7. The van der Waals surface area contributed by atoms with Gasteiger partial charge in [0.25, 0.3) is 0 Å². The van der Waals surface area contributed by atoms with Crippen molar-refractivity contribution in [1.82, 2.24) is 14.5 Å². The highest BCUT2D eigenvalue weighted by atomic mass is 35.5. The fourth-order valence-corrected chi connectivity index (χ4v) is 7.92. The van der Waals surface area contributed by atoms with E-state index in [0.717, 1.165) is 41.3 Å². The van der Waals surface area contributed by atoms with Gasteiger partial charge in [-0.15, -0.1) is 11.6 Å². The molecule has 6 atom stereocenters. The van der Waals surface area contributed by atoms with Crippen molar-refractivity contribution in [3.05, 3.63) is 30.1 Å². The predicted octanol–water partition coefficient (Wildman–Crippen LogP) is 6.30. The Hall–Kier alpha value is -1.06. The number of halogens is 1. The van der Waals surface area contributed by atoms with Crippen molar-refractivity contribution >= 4 is 22.6 Å². The third-order valence-corrected chi connectivity index (χ3v) is 8.92. The minimum absolute atomic E-state index is 0.510. The fraction of sp³-hybridized carbons (Fsp3) is 0.720. The lowest BCUT2D eigenvalue weighted by atomic mass is 9.68. The number of para-hydroxylation sites is 2. The van der Waals surface area contributed by atoms with Crippen LogP contribution in [0.15, 0.2) is 24.3 Å². The van der Waals surface area contributed by atoms with Gasteiger partial charge in [-0.3, -0.25) is 4.90 Å². The molecule has 4 aliphatic rings. The molecule has 0 amide bonds. The van der Waals surface area contributed by atoms with E-state index in [1.54, 1.807) is 0 Å². The number of benzene rings is 1. The maximum Gasteiger partial charge on any atom is 0.125 e. The molecule has 4 heteroatoms. The van der Waals surface area contributed by atoms with Gasteiger partial charge in [-0.2, -0.15) is 0 Å². The Balaban J connectivity index is 1.29. The lowest BCUT2D eigenvalue weighted by Gasteiger charge is -2.55. The quantitative estimate of drug-likeness (QED) is 0.552. The monoisotopic (exact) mass is 411 g/mol. The maximum atomic E-state index is 6.35. The minimum Gasteiger partial charge on any atom is -0.324 e. The molecule has 29 heavy (non-hydrogen) atoms. The van der Waals surface area contributed by atoms with Crippen molar-refractivity contribution in [3.63, 3.8) is 0 Å². The van der Waals surface area contributed by atoms with Gasteiger partial charge >= 0.3 is 0 Å². The number of piperidine rings is 2. The number of fused-ring (bicyclic) bond motifs is 5. The molecule has 156 valence electrons. The summed E-state index contributed by atoms with van der Waals surface area (Å²) in [5, 5.41) is 0. The molecular formula is C25H34ClN3. The van der Waals surface area contributed by atoms with Crippen molar-refractivity contribution in [2.45, 2.75) is 101 Å². The van der Waals surface area contributed by atoms with Crippen LogP contribution < -0.4 is 0 Å². The first-order chi connectivity index (χ1) is 14.3. The van der Waals surface area contributed by atoms with Crippen LogP contribution in [0.25, 0.3) is 11.0 Å². The molecule has 0 spiro atoms. The Morgan fingerprint density at radius 2 is 1.48 bits per heavy atom. The van der Waals surface area contributed by atoms with E-state index in [4.69, 9.17) is 16.6 Å². The summed E-state index contributed by atoms with van der Waals surface area (Å²) >= 11 is 6.35. The molecule has 4 fully saturated rings. The van der Waals surface area contributed by atoms with Crippen LogP contribution >= 0.6 is 11.6 Å². The number of hydrogen-bond donors (Lipinski definition) is 0. The van der Waals surface area contributed by atoms with Gasteiger partial charge in [-0.1, -0.05) is 37.8 Å². The van der Waals surface area contributed by atoms with Crippen LogP contribution in [-0.4, -0.2) is 32.6 Å². The number of aromatic nitrogens is 2. The molecule has 4 bridgehead atoms. The van der Waals surface area contributed by atoms with Gasteiger partial charge in [0.15, 0.2) is 0 Å². The molecule has 2 saturated heterocycles. The zero-order valence-corrected chi connectivity index (χ0v) is 18.2. The minimum atomic E-state index is 0.510. The van der Waals surface area contributed by atoms with Gasteiger partial charge in [0.2, 0.25) is 0 Å². The Labute approximate surface area is 179 Å². The summed E-state index contributed by atoms with van der Waals surface area (Å²) in [6.07, 6.45) is 15.8. The fourth-order valence-electron chi connectivity index (χ4n) is 7.73. The molecule has 2 aromatic rings. The van der Waals surface area contributed by atoms with Crippen LogP contribution in [-0.2, 0) is 5.88 Å². The smallest absolute Gasteiger partial charge is 0.125 e. The van der Waals surface area contributed by atoms with Gasteiger partial charge in [0, 0.05) is 24.2 Å². The van der Waals surface area contributed by atoms with Crippen molar-refractivity contribution in [3.8, 4) is 0 Å². The summed E-state index contributed by atoms with van der Waals surface area (Å²) in [6, 6.07) is 11.6. The summed E-state index contributed by atoms with van der Waals surface area (Å²) in [7, 11) is 0. The highest BCUT2D eigenvalue weighted by Crippen LogP contribution is 2.48. The lowest BCUT2D eigenvalue weighted by molar-refractivity contribution is -0.0484. The molecule has 2 aliphatic carbocycles. The largest absolute Gasteiger partial charge is 0.324 e.